The van der Waals surface area contributed by atoms with Crippen molar-refractivity contribution in [2.75, 3.05) is 19.0 Å². The molecule has 2 rings (SSSR count). The standard InChI is InChI=1S/C11H15NO.ClH/c1-13-11-7-4-6-10-9(11)5-2-3-8-12-10;/h4,6-7,12H,2-3,5,8H2,1H3;1H. The van der Waals surface area contributed by atoms with Crippen molar-refractivity contribution in [3.05, 3.63) is 23.8 Å². The number of benzene rings is 1. The molecule has 1 N–H and O–H groups in total. The van der Waals surface area contributed by atoms with Crippen molar-refractivity contribution in [3.8, 4) is 5.75 Å². The van der Waals surface area contributed by atoms with Gasteiger partial charge in [-0.25, -0.2) is 0 Å². The highest BCUT2D eigenvalue weighted by molar-refractivity contribution is 5.85. The van der Waals surface area contributed by atoms with E-state index in [1.807, 2.05) is 12.1 Å². The maximum Gasteiger partial charge on any atom is 0.124 e. The van der Waals surface area contributed by atoms with Crippen molar-refractivity contribution in [1.29, 1.82) is 0 Å². The lowest BCUT2D eigenvalue weighted by Crippen LogP contribution is -2.00. The number of halogens is 1. The fraction of sp³-hybridized carbons (Fsp3) is 0.455. The summed E-state index contributed by atoms with van der Waals surface area (Å²) < 4.78 is 5.33. The van der Waals surface area contributed by atoms with E-state index in [1.165, 1.54) is 24.1 Å². The summed E-state index contributed by atoms with van der Waals surface area (Å²) in [6.45, 7) is 1.08. The molecule has 0 fully saturated rings. The Balaban J connectivity index is 0.000000980. The third-order valence-electron chi connectivity index (χ3n) is 2.52. The van der Waals surface area contributed by atoms with Gasteiger partial charge in [0.1, 0.15) is 5.75 Å². The van der Waals surface area contributed by atoms with Crippen LogP contribution in [-0.2, 0) is 6.42 Å². The molecule has 0 bridgehead atoms. The number of hydrogen-bond acceptors (Lipinski definition) is 2. The number of rotatable bonds is 1. The molecule has 0 spiro atoms. The minimum absolute atomic E-state index is 0. The molecule has 1 aliphatic heterocycles. The fourth-order valence-electron chi connectivity index (χ4n) is 1.83. The third kappa shape index (κ3) is 2.13. The summed E-state index contributed by atoms with van der Waals surface area (Å²) in [6.07, 6.45) is 3.63. The van der Waals surface area contributed by atoms with E-state index >= 15 is 0 Å². The second kappa shape index (κ2) is 5.11. The van der Waals surface area contributed by atoms with Crippen LogP contribution in [0.5, 0.6) is 5.75 Å². The monoisotopic (exact) mass is 213 g/mol. The Morgan fingerprint density at radius 2 is 2.14 bits per heavy atom. The third-order valence-corrected chi connectivity index (χ3v) is 2.52. The first-order chi connectivity index (χ1) is 6.42. The zero-order valence-electron chi connectivity index (χ0n) is 8.38. The Morgan fingerprint density at radius 1 is 1.29 bits per heavy atom. The van der Waals surface area contributed by atoms with E-state index in [0.717, 1.165) is 18.7 Å². The summed E-state index contributed by atoms with van der Waals surface area (Å²) in [5.74, 6) is 1.02. The summed E-state index contributed by atoms with van der Waals surface area (Å²) in [7, 11) is 1.74. The molecule has 0 saturated carbocycles. The van der Waals surface area contributed by atoms with Gasteiger partial charge in [-0.2, -0.15) is 0 Å². The van der Waals surface area contributed by atoms with Crippen LogP contribution in [0.1, 0.15) is 18.4 Å². The largest absolute Gasteiger partial charge is 0.496 e. The minimum atomic E-state index is 0. The SMILES string of the molecule is COc1cccc2c1CCCCN2.Cl. The summed E-state index contributed by atoms with van der Waals surface area (Å²) >= 11 is 0. The second-order valence-corrected chi connectivity index (χ2v) is 3.37. The van der Waals surface area contributed by atoms with Gasteiger partial charge in [0, 0.05) is 17.8 Å². The van der Waals surface area contributed by atoms with Gasteiger partial charge in [-0.05, 0) is 31.4 Å². The normalized spacial score (nSPS) is 14.4. The van der Waals surface area contributed by atoms with Gasteiger partial charge >= 0.3 is 0 Å². The van der Waals surface area contributed by atoms with Gasteiger partial charge in [0.25, 0.3) is 0 Å². The minimum Gasteiger partial charge on any atom is -0.496 e. The van der Waals surface area contributed by atoms with E-state index in [0.29, 0.717) is 0 Å². The van der Waals surface area contributed by atoms with Gasteiger partial charge in [-0.15, -0.1) is 12.4 Å². The van der Waals surface area contributed by atoms with Gasteiger partial charge < -0.3 is 10.1 Å². The van der Waals surface area contributed by atoms with Gasteiger partial charge in [-0.1, -0.05) is 6.07 Å². The Morgan fingerprint density at radius 3 is 2.93 bits per heavy atom. The Labute approximate surface area is 91.1 Å². The van der Waals surface area contributed by atoms with Gasteiger partial charge in [0.2, 0.25) is 0 Å². The molecule has 1 aromatic rings. The summed E-state index contributed by atoms with van der Waals surface area (Å²) in [5, 5.41) is 3.42. The van der Waals surface area contributed by atoms with Crippen LogP contribution < -0.4 is 10.1 Å². The first-order valence-electron chi connectivity index (χ1n) is 4.81. The molecular formula is C11H16ClNO. The van der Waals surface area contributed by atoms with Crippen LogP contribution in [0.4, 0.5) is 5.69 Å². The zero-order valence-corrected chi connectivity index (χ0v) is 9.19. The van der Waals surface area contributed by atoms with Crippen LogP contribution in [0.3, 0.4) is 0 Å². The number of anilines is 1. The smallest absolute Gasteiger partial charge is 0.124 e. The summed E-state index contributed by atoms with van der Waals surface area (Å²) in [6, 6.07) is 6.20. The van der Waals surface area contributed by atoms with E-state index in [9.17, 15) is 0 Å². The predicted octanol–water partition coefficient (Wildman–Crippen LogP) is 2.87. The highest BCUT2D eigenvalue weighted by atomic mass is 35.5. The topological polar surface area (TPSA) is 21.3 Å². The highest BCUT2D eigenvalue weighted by Crippen LogP contribution is 2.29. The van der Waals surface area contributed by atoms with E-state index in [-0.39, 0.29) is 12.4 Å². The van der Waals surface area contributed by atoms with E-state index in [2.05, 4.69) is 11.4 Å². The van der Waals surface area contributed by atoms with Crippen LogP contribution in [0.15, 0.2) is 18.2 Å². The number of methoxy groups -OCH3 is 1. The van der Waals surface area contributed by atoms with E-state index in [1.54, 1.807) is 7.11 Å². The van der Waals surface area contributed by atoms with Crippen LogP contribution in [0, 0.1) is 0 Å². The number of hydrogen-bond donors (Lipinski definition) is 1. The molecule has 0 aromatic heterocycles. The average Bonchev–Trinajstić information content (AvgIpc) is 2.41. The molecule has 0 radical (unpaired) electrons. The van der Waals surface area contributed by atoms with Crippen molar-refractivity contribution in [2.45, 2.75) is 19.3 Å². The average molecular weight is 214 g/mol. The Bertz CT molecular complexity index is 301. The van der Waals surface area contributed by atoms with Crippen LogP contribution in [0.2, 0.25) is 0 Å². The molecule has 1 heterocycles. The number of fused-ring (bicyclic) bond motifs is 1. The molecule has 14 heavy (non-hydrogen) atoms. The molecule has 0 amide bonds. The molecule has 78 valence electrons. The van der Waals surface area contributed by atoms with E-state index < -0.39 is 0 Å². The zero-order chi connectivity index (χ0) is 9.10. The molecule has 0 saturated heterocycles. The van der Waals surface area contributed by atoms with Crippen LogP contribution in [-0.4, -0.2) is 13.7 Å². The predicted molar refractivity (Wildman–Crippen MR) is 61.7 cm³/mol. The van der Waals surface area contributed by atoms with Crippen LogP contribution >= 0.6 is 12.4 Å². The summed E-state index contributed by atoms with van der Waals surface area (Å²) in [4.78, 5) is 0. The summed E-state index contributed by atoms with van der Waals surface area (Å²) in [5.41, 5.74) is 2.58. The number of nitrogens with one attached hydrogen (secondary N) is 1. The lowest BCUT2D eigenvalue weighted by molar-refractivity contribution is 0.409. The van der Waals surface area contributed by atoms with E-state index in [4.69, 9.17) is 4.74 Å². The quantitative estimate of drug-likeness (QED) is 0.775. The van der Waals surface area contributed by atoms with Crippen molar-refractivity contribution in [1.82, 2.24) is 0 Å². The Kier molecular flexibility index (Phi) is 4.08. The second-order valence-electron chi connectivity index (χ2n) is 3.37. The molecule has 0 aliphatic carbocycles. The maximum absolute atomic E-state index is 5.33. The lowest BCUT2D eigenvalue weighted by Gasteiger charge is -2.11. The molecular weight excluding hydrogens is 198 g/mol. The highest BCUT2D eigenvalue weighted by Gasteiger charge is 2.10. The maximum atomic E-state index is 5.33. The van der Waals surface area contributed by atoms with Gasteiger partial charge in [0.15, 0.2) is 0 Å². The molecule has 3 heteroatoms. The first kappa shape index (κ1) is 11.2. The molecule has 1 aromatic carbocycles. The first-order valence-corrected chi connectivity index (χ1v) is 4.81. The molecule has 1 aliphatic rings. The van der Waals surface area contributed by atoms with Crippen molar-refractivity contribution >= 4 is 18.1 Å². The molecule has 0 atom stereocenters. The fourth-order valence-corrected chi connectivity index (χ4v) is 1.83. The van der Waals surface area contributed by atoms with Gasteiger partial charge in [0.05, 0.1) is 7.11 Å². The van der Waals surface area contributed by atoms with Crippen molar-refractivity contribution < 1.29 is 4.74 Å². The molecule has 2 nitrogen and oxygen atoms in total. The van der Waals surface area contributed by atoms with Gasteiger partial charge in [-0.3, -0.25) is 0 Å². The molecule has 0 unspecified atom stereocenters. The van der Waals surface area contributed by atoms with Crippen LogP contribution in [0.25, 0.3) is 0 Å². The number of ether oxygens (including phenoxy) is 1. The van der Waals surface area contributed by atoms with Crippen molar-refractivity contribution in [2.24, 2.45) is 0 Å². The van der Waals surface area contributed by atoms with Crippen molar-refractivity contribution in [3.63, 3.8) is 0 Å². The lowest BCUT2D eigenvalue weighted by atomic mass is 10.1. The Hall–Kier alpha value is -0.890.